The maximum Gasteiger partial charge on any atom is 0.387 e. The summed E-state index contributed by atoms with van der Waals surface area (Å²) < 4.78 is 28.6. The van der Waals surface area contributed by atoms with Crippen LogP contribution in [0.3, 0.4) is 0 Å². The number of ether oxygens (including phenoxy) is 1. The quantitative estimate of drug-likeness (QED) is 0.769. The van der Waals surface area contributed by atoms with E-state index >= 15 is 0 Å². The molecule has 0 aliphatic carbocycles. The molecular formula is C19H23F2N2O2+. The highest BCUT2D eigenvalue weighted by atomic mass is 19.3. The van der Waals surface area contributed by atoms with Gasteiger partial charge in [-0.3, -0.25) is 4.79 Å². The van der Waals surface area contributed by atoms with Gasteiger partial charge in [0.05, 0.1) is 7.05 Å². The molecular weight excluding hydrogens is 326 g/mol. The van der Waals surface area contributed by atoms with Crippen molar-refractivity contribution >= 4 is 11.6 Å². The molecule has 0 radical (unpaired) electrons. The fraction of sp³-hybridized carbons (Fsp3) is 0.316. The minimum Gasteiger partial charge on any atom is -0.435 e. The molecule has 1 unspecified atom stereocenters. The first-order valence-electron chi connectivity index (χ1n) is 8.20. The molecule has 1 amide bonds. The van der Waals surface area contributed by atoms with Crippen molar-refractivity contribution in [1.29, 1.82) is 0 Å². The van der Waals surface area contributed by atoms with E-state index in [1.165, 1.54) is 17.7 Å². The standard InChI is InChI=1S/C19H22F2N2O2/c1-3-14-4-8-16(9-5-14)22-18(24)13-23(2)12-15-6-10-17(11-7-15)25-19(20)21/h4-11,19H,3,12-13H2,1-2H3,(H,22,24)/p+1. The van der Waals surface area contributed by atoms with Gasteiger partial charge in [-0.2, -0.15) is 8.78 Å². The van der Waals surface area contributed by atoms with E-state index in [2.05, 4.69) is 17.0 Å². The van der Waals surface area contributed by atoms with Gasteiger partial charge >= 0.3 is 6.61 Å². The van der Waals surface area contributed by atoms with E-state index in [9.17, 15) is 13.6 Å². The van der Waals surface area contributed by atoms with Crippen molar-refractivity contribution in [1.82, 2.24) is 0 Å². The third-order valence-electron chi connectivity index (χ3n) is 3.76. The smallest absolute Gasteiger partial charge is 0.387 e. The highest BCUT2D eigenvalue weighted by molar-refractivity contribution is 5.91. The number of alkyl halides is 2. The molecule has 0 bridgehead atoms. The van der Waals surface area contributed by atoms with Gasteiger partial charge in [-0.1, -0.05) is 19.1 Å². The van der Waals surface area contributed by atoms with Crippen molar-refractivity contribution in [2.45, 2.75) is 26.5 Å². The number of aryl methyl sites for hydroxylation is 1. The highest BCUT2D eigenvalue weighted by Crippen LogP contribution is 2.14. The van der Waals surface area contributed by atoms with Crippen LogP contribution in [-0.4, -0.2) is 26.1 Å². The van der Waals surface area contributed by atoms with E-state index in [0.717, 1.165) is 22.6 Å². The Labute approximate surface area is 146 Å². The van der Waals surface area contributed by atoms with Crippen LogP contribution < -0.4 is 15.0 Å². The first-order chi connectivity index (χ1) is 12.0. The molecule has 0 spiro atoms. The number of amides is 1. The van der Waals surface area contributed by atoms with Gasteiger partial charge in [-0.25, -0.2) is 0 Å². The lowest BCUT2D eigenvalue weighted by Crippen LogP contribution is -3.08. The Bertz CT molecular complexity index is 673. The number of hydrogen-bond acceptors (Lipinski definition) is 2. The zero-order valence-corrected chi connectivity index (χ0v) is 14.4. The van der Waals surface area contributed by atoms with Crippen molar-refractivity contribution in [3.05, 3.63) is 59.7 Å². The summed E-state index contributed by atoms with van der Waals surface area (Å²) in [6, 6.07) is 14.2. The Morgan fingerprint density at radius 1 is 1.08 bits per heavy atom. The SMILES string of the molecule is CCc1ccc(NC(=O)C[NH+](C)Cc2ccc(OC(F)F)cc2)cc1. The second kappa shape index (κ2) is 9.13. The van der Waals surface area contributed by atoms with Crippen molar-refractivity contribution in [2.24, 2.45) is 0 Å². The van der Waals surface area contributed by atoms with E-state index in [0.29, 0.717) is 13.1 Å². The van der Waals surface area contributed by atoms with Crippen LogP contribution in [0.5, 0.6) is 5.75 Å². The molecule has 25 heavy (non-hydrogen) atoms. The number of carbonyl (C=O) groups is 1. The van der Waals surface area contributed by atoms with Crippen molar-refractivity contribution in [2.75, 3.05) is 18.9 Å². The molecule has 0 saturated heterocycles. The van der Waals surface area contributed by atoms with Crippen LogP contribution in [-0.2, 0) is 17.8 Å². The van der Waals surface area contributed by atoms with Crippen molar-refractivity contribution in [3.63, 3.8) is 0 Å². The van der Waals surface area contributed by atoms with Gasteiger partial charge in [0, 0.05) is 11.3 Å². The normalized spacial score (nSPS) is 12.0. The van der Waals surface area contributed by atoms with Gasteiger partial charge in [-0.15, -0.1) is 0 Å². The largest absolute Gasteiger partial charge is 0.435 e. The molecule has 0 aliphatic heterocycles. The minimum absolute atomic E-state index is 0.0700. The zero-order chi connectivity index (χ0) is 18.2. The summed E-state index contributed by atoms with van der Waals surface area (Å²) in [5, 5.41) is 2.88. The molecule has 0 aliphatic rings. The molecule has 6 heteroatoms. The van der Waals surface area contributed by atoms with Gasteiger partial charge in [0.15, 0.2) is 6.54 Å². The topological polar surface area (TPSA) is 42.8 Å². The highest BCUT2D eigenvalue weighted by Gasteiger charge is 2.11. The number of anilines is 1. The second-order valence-electron chi connectivity index (χ2n) is 5.93. The van der Waals surface area contributed by atoms with Gasteiger partial charge in [-0.05, 0) is 48.4 Å². The van der Waals surface area contributed by atoms with Crippen LogP contribution >= 0.6 is 0 Å². The Balaban J connectivity index is 1.82. The molecule has 0 fully saturated rings. The van der Waals surface area contributed by atoms with E-state index in [1.54, 1.807) is 12.1 Å². The molecule has 134 valence electrons. The van der Waals surface area contributed by atoms with Crippen LogP contribution in [0, 0.1) is 0 Å². The fourth-order valence-corrected chi connectivity index (χ4v) is 2.50. The third kappa shape index (κ3) is 6.51. The number of likely N-dealkylation sites (N-methyl/N-ethyl adjacent to an activating group) is 1. The first kappa shape index (κ1) is 18.9. The van der Waals surface area contributed by atoms with E-state index in [1.807, 2.05) is 31.3 Å². The van der Waals surface area contributed by atoms with Crippen LogP contribution in [0.4, 0.5) is 14.5 Å². The molecule has 0 heterocycles. The Morgan fingerprint density at radius 2 is 1.68 bits per heavy atom. The predicted molar refractivity (Wildman–Crippen MR) is 93.0 cm³/mol. The van der Waals surface area contributed by atoms with E-state index in [4.69, 9.17) is 0 Å². The maximum absolute atomic E-state index is 12.1. The molecule has 2 aromatic rings. The average molecular weight is 349 g/mol. The Morgan fingerprint density at radius 3 is 2.24 bits per heavy atom. The maximum atomic E-state index is 12.1. The Kier molecular flexibility index (Phi) is 6.89. The van der Waals surface area contributed by atoms with Gasteiger partial charge < -0.3 is 15.0 Å². The summed E-state index contributed by atoms with van der Waals surface area (Å²) in [5.74, 6) is 0.0593. The number of hydrogen-bond donors (Lipinski definition) is 2. The lowest BCUT2D eigenvalue weighted by molar-refractivity contribution is -0.885. The average Bonchev–Trinajstić information content (AvgIpc) is 2.56. The van der Waals surface area contributed by atoms with Crippen molar-refractivity contribution in [3.8, 4) is 5.75 Å². The minimum atomic E-state index is -2.82. The number of nitrogens with one attached hydrogen (secondary N) is 2. The number of quaternary nitrogens is 1. The summed E-state index contributed by atoms with van der Waals surface area (Å²) in [5.41, 5.74) is 2.95. The lowest BCUT2D eigenvalue weighted by atomic mass is 10.1. The monoisotopic (exact) mass is 349 g/mol. The van der Waals surface area contributed by atoms with E-state index < -0.39 is 6.61 Å². The predicted octanol–water partition coefficient (Wildman–Crippen LogP) is 2.50. The molecule has 2 rings (SSSR count). The molecule has 1 atom stereocenters. The summed E-state index contributed by atoms with van der Waals surface area (Å²) in [6.45, 7) is 0.175. The summed E-state index contributed by atoms with van der Waals surface area (Å²) in [4.78, 5) is 13.1. The Hall–Kier alpha value is -2.47. The molecule has 2 N–H and O–H groups in total. The zero-order valence-electron chi connectivity index (χ0n) is 14.4. The number of rotatable bonds is 8. The number of benzene rings is 2. The fourth-order valence-electron chi connectivity index (χ4n) is 2.50. The molecule has 0 aromatic heterocycles. The van der Waals surface area contributed by atoms with Gasteiger partial charge in [0.2, 0.25) is 0 Å². The van der Waals surface area contributed by atoms with Crippen molar-refractivity contribution < 1.29 is 23.2 Å². The second-order valence-corrected chi connectivity index (χ2v) is 5.93. The van der Waals surface area contributed by atoms with E-state index in [-0.39, 0.29) is 11.7 Å². The van der Waals surface area contributed by atoms with Crippen LogP contribution in [0.1, 0.15) is 18.1 Å². The summed E-state index contributed by atoms with van der Waals surface area (Å²) in [6.07, 6.45) is 0.961. The summed E-state index contributed by atoms with van der Waals surface area (Å²) >= 11 is 0. The molecule has 4 nitrogen and oxygen atoms in total. The number of carbonyl (C=O) groups excluding carboxylic acids is 1. The van der Waals surface area contributed by atoms with Crippen LogP contribution in [0.2, 0.25) is 0 Å². The third-order valence-corrected chi connectivity index (χ3v) is 3.76. The molecule has 2 aromatic carbocycles. The number of halogens is 2. The molecule has 0 saturated carbocycles. The van der Waals surface area contributed by atoms with Gasteiger partial charge in [0.25, 0.3) is 5.91 Å². The van der Waals surface area contributed by atoms with Crippen LogP contribution in [0.25, 0.3) is 0 Å². The van der Waals surface area contributed by atoms with Crippen LogP contribution in [0.15, 0.2) is 48.5 Å². The summed E-state index contributed by atoms with van der Waals surface area (Å²) in [7, 11) is 1.91. The first-order valence-corrected chi connectivity index (χ1v) is 8.20. The lowest BCUT2D eigenvalue weighted by Gasteiger charge is -2.14. The van der Waals surface area contributed by atoms with Gasteiger partial charge in [0.1, 0.15) is 12.3 Å².